The van der Waals surface area contributed by atoms with Crippen molar-refractivity contribution in [3.8, 4) is 0 Å². The Kier molecular flexibility index (Phi) is 19.8. The predicted molar refractivity (Wildman–Crippen MR) is 112 cm³/mol. The van der Waals surface area contributed by atoms with Crippen LogP contribution in [0.3, 0.4) is 0 Å². The van der Waals surface area contributed by atoms with Crippen molar-refractivity contribution in [1.82, 2.24) is 10.6 Å². The fraction of sp³-hybridized carbons (Fsp3) is 0.864. The van der Waals surface area contributed by atoms with Gasteiger partial charge in [0.25, 0.3) is 0 Å². The van der Waals surface area contributed by atoms with Crippen LogP contribution in [0, 0.1) is 0 Å². The van der Waals surface area contributed by atoms with E-state index in [9.17, 15) is 9.90 Å². The van der Waals surface area contributed by atoms with Gasteiger partial charge in [0.2, 0.25) is 5.91 Å². The number of carbonyl (C=O) groups is 1. The van der Waals surface area contributed by atoms with E-state index < -0.39 is 6.23 Å². The molecule has 4 heteroatoms. The fourth-order valence-corrected chi connectivity index (χ4v) is 2.86. The molecule has 0 saturated carbocycles. The summed E-state index contributed by atoms with van der Waals surface area (Å²) < 4.78 is 0. The molecule has 0 aliphatic carbocycles. The second-order valence-corrected chi connectivity index (χ2v) is 7.24. The van der Waals surface area contributed by atoms with E-state index in [0.717, 1.165) is 12.8 Å². The monoisotopic (exact) mass is 368 g/mol. The highest BCUT2D eigenvalue weighted by Gasteiger charge is 2.02. The quantitative estimate of drug-likeness (QED) is 0.162. The summed E-state index contributed by atoms with van der Waals surface area (Å²) in [4.78, 5) is 11.6. The lowest BCUT2D eigenvalue weighted by Gasteiger charge is -2.11. The number of rotatable bonds is 19. The van der Waals surface area contributed by atoms with E-state index in [2.05, 4.69) is 29.7 Å². The lowest BCUT2D eigenvalue weighted by molar-refractivity contribution is -0.121. The smallest absolute Gasteiger partial charge is 0.220 e. The van der Waals surface area contributed by atoms with Crippen molar-refractivity contribution in [3.05, 3.63) is 12.2 Å². The summed E-state index contributed by atoms with van der Waals surface area (Å²) in [7, 11) is 0. The summed E-state index contributed by atoms with van der Waals surface area (Å²) >= 11 is 0. The van der Waals surface area contributed by atoms with Crippen LogP contribution in [0.25, 0.3) is 0 Å². The summed E-state index contributed by atoms with van der Waals surface area (Å²) in [5, 5.41) is 14.9. The van der Waals surface area contributed by atoms with Crippen molar-refractivity contribution < 1.29 is 9.90 Å². The lowest BCUT2D eigenvalue weighted by Crippen LogP contribution is -2.39. The number of carbonyl (C=O) groups excluding carboxylic acids is 1. The van der Waals surface area contributed by atoms with Crippen LogP contribution < -0.4 is 10.6 Å². The van der Waals surface area contributed by atoms with Gasteiger partial charge >= 0.3 is 0 Å². The first kappa shape index (κ1) is 25.1. The summed E-state index contributed by atoms with van der Waals surface area (Å²) in [6.07, 6.45) is 21.9. The highest BCUT2D eigenvalue weighted by molar-refractivity contribution is 5.75. The number of amides is 1. The van der Waals surface area contributed by atoms with Crippen LogP contribution in [-0.2, 0) is 4.79 Å². The van der Waals surface area contributed by atoms with Gasteiger partial charge in [-0.1, -0.05) is 77.4 Å². The minimum Gasteiger partial charge on any atom is -0.379 e. The van der Waals surface area contributed by atoms with Crippen LogP contribution in [0.4, 0.5) is 0 Å². The lowest BCUT2D eigenvalue weighted by atomic mass is 10.1. The fourth-order valence-electron chi connectivity index (χ4n) is 2.86. The molecule has 0 saturated heterocycles. The van der Waals surface area contributed by atoms with Crippen LogP contribution in [-0.4, -0.2) is 23.9 Å². The second kappa shape index (κ2) is 20.4. The molecule has 0 aliphatic heterocycles. The first-order valence-electron chi connectivity index (χ1n) is 11.0. The molecule has 1 unspecified atom stereocenters. The van der Waals surface area contributed by atoms with Crippen LogP contribution in [0.1, 0.15) is 110 Å². The molecule has 0 fully saturated rings. The molecule has 154 valence electrons. The molecule has 0 spiro atoms. The van der Waals surface area contributed by atoms with Crippen molar-refractivity contribution in [1.29, 1.82) is 0 Å². The zero-order valence-corrected chi connectivity index (χ0v) is 17.4. The largest absolute Gasteiger partial charge is 0.379 e. The van der Waals surface area contributed by atoms with Crippen molar-refractivity contribution in [2.75, 3.05) is 6.67 Å². The third-order valence-electron chi connectivity index (χ3n) is 4.68. The van der Waals surface area contributed by atoms with Crippen molar-refractivity contribution in [2.24, 2.45) is 0 Å². The molecule has 1 atom stereocenters. The summed E-state index contributed by atoms with van der Waals surface area (Å²) in [5.41, 5.74) is 0. The van der Waals surface area contributed by atoms with E-state index in [1.165, 1.54) is 70.6 Å². The summed E-state index contributed by atoms with van der Waals surface area (Å²) in [6.45, 7) is 4.50. The van der Waals surface area contributed by atoms with E-state index in [1.54, 1.807) is 0 Å². The number of nitrogens with one attached hydrogen (secondary N) is 2. The first-order valence-corrected chi connectivity index (χ1v) is 11.0. The van der Waals surface area contributed by atoms with Gasteiger partial charge in [-0.15, -0.1) is 0 Å². The zero-order chi connectivity index (χ0) is 19.3. The van der Waals surface area contributed by atoms with Crippen molar-refractivity contribution in [2.45, 2.75) is 116 Å². The topological polar surface area (TPSA) is 61.4 Å². The normalized spacial score (nSPS) is 12.6. The number of hydrogen-bond donors (Lipinski definition) is 3. The van der Waals surface area contributed by atoms with Gasteiger partial charge in [0.05, 0.1) is 6.67 Å². The van der Waals surface area contributed by atoms with Gasteiger partial charge in [-0.3, -0.25) is 10.1 Å². The number of allylic oxidation sites excluding steroid dienone is 2. The maximum Gasteiger partial charge on any atom is 0.220 e. The third-order valence-corrected chi connectivity index (χ3v) is 4.68. The van der Waals surface area contributed by atoms with Gasteiger partial charge < -0.3 is 10.4 Å². The van der Waals surface area contributed by atoms with Gasteiger partial charge in [-0.05, 0) is 38.5 Å². The standard InChI is InChI=1S/C22H44N2O2/c1-3-5-6-7-8-9-10-11-12-13-14-15-16-17-18-19-22(26)24-20-23-21(25)4-2/h11-12,21,23,25H,3-10,13-20H2,1-2H3,(H,24,26)/b12-11-. The van der Waals surface area contributed by atoms with Crippen LogP contribution in [0.2, 0.25) is 0 Å². The first-order chi connectivity index (χ1) is 12.7. The zero-order valence-electron chi connectivity index (χ0n) is 17.4. The predicted octanol–water partition coefficient (Wildman–Crippen LogP) is 5.42. The molecule has 0 aromatic heterocycles. The molecule has 0 rings (SSSR count). The average molecular weight is 369 g/mol. The van der Waals surface area contributed by atoms with E-state index in [0.29, 0.717) is 19.5 Å². The van der Waals surface area contributed by atoms with Gasteiger partial charge in [0, 0.05) is 6.42 Å². The van der Waals surface area contributed by atoms with Crippen LogP contribution >= 0.6 is 0 Å². The molecule has 26 heavy (non-hydrogen) atoms. The minimum atomic E-state index is -0.532. The second-order valence-electron chi connectivity index (χ2n) is 7.24. The Morgan fingerprint density at radius 1 is 0.846 bits per heavy atom. The molecule has 0 aliphatic rings. The van der Waals surface area contributed by atoms with E-state index in [1.807, 2.05) is 6.92 Å². The molecule has 0 bridgehead atoms. The van der Waals surface area contributed by atoms with Crippen molar-refractivity contribution >= 4 is 5.91 Å². The average Bonchev–Trinajstić information content (AvgIpc) is 2.64. The third kappa shape index (κ3) is 19.5. The number of aliphatic hydroxyl groups is 1. The molecule has 0 radical (unpaired) electrons. The molecule has 4 nitrogen and oxygen atoms in total. The highest BCUT2D eigenvalue weighted by atomic mass is 16.3. The maximum absolute atomic E-state index is 11.6. The molecule has 0 aromatic carbocycles. The van der Waals surface area contributed by atoms with Gasteiger partial charge in [0.15, 0.2) is 0 Å². The Hall–Kier alpha value is -0.870. The number of unbranched alkanes of at least 4 members (excludes halogenated alkanes) is 11. The number of hydrogen-bond acceptors (Lipinski definition) is 3. The van der Waals surface area contributed by atoms with Gasteiger partial charge in [0.1, 0.15) is 6.23 Å². The Morgan fingerprint density at radius 2 is 1.38 bits per heavy atom. The molecule has 1 amide bonds. The van der Waals surface area contributed by atoms with Crippen LogP contribution in [0.15, 0.2) is 12.2 Å². The van der Waals surface area contributed by atoms with E-state index in [-0.39, 0.29) is 5.91 Å². The Balaban J connectivity index is 3.23. The Morgan fingerprint density at radius 3 is 1.96 bits per heavy atom. The van der Waals surface area contributed by atoms with E-state index >= 15 is 0 Å². The van der Waals surface area contributed by atoms with Gasteiger partial charge in [-0.25, -0.2) is 0 Å². The number of aliphatic hydroxyl groups excluding tert-OH is 1. The Labute approximate surface area is 162 Å². The maximum atomic E-state index is 11.6. The molecular weight excluding hydrogens is 324 g/mol. The van der Waals surface area contributed by atoms with Crippen molar-refractivity contribution in [3.63, 3.8) is 0 Å². The Bertz CT molecular complexity index is 332. The SMILES string of the molecule is CCCCCCCC/C=C\CCCCCCCC(=O)NCNC(O)CC. The van der Waals surface area contributed by atoms with Crippen LogP contribution in [0.5, 0.6) is 0 Å². The molecule has 0 heterocycles. The molecular formula is C22H44N2O2. The van der Waals surface area contributed by atoms with Gasteiger partial charge in [-0.2, -0.15) is 0 Å². The summed E-state index contributed by atoms with van der Waals surface area (Å²) in [5.74, 6) is 0.0680. The molecule has 0 aromatic rings. The minimum absolute atomic E-state index is 0.0680. The van der Waals surface area contributed by atoms with E-state index in [4.69, 9.17) is 0 Å². The summed E-state index contributed by atoms with van der Waals surface area (Å²) in [6, 6.07) is 0. The molecule has 3 N–H and O–H groups in total. The highest BCUT2D eigenvalue weighted by Crippen LogP contribution is 2.09.